The number of pyridine rings is 1. The smallest absolute Gasteiger partial charge is 0.219 e. The quantitative estimate of drug-likeness (QED) is 0.427. The molecule has 0 aliphatic carbocycles. The summed E-state index contributed by atoms with van der Waals surface area (Å²) in [6.07, 6.45) is 1.67. The van der Waals surface area contributed by atoms with E-state index in [4.69, 9.17) is 10.5 Å². The van der Waals surface area contributed by atoms with Crippen LogP contribution in [0.3, 0.4) is 0 Å². The Bertz CT molecular complexity index is 666. The van der Waals surface area contributed by atoms with E-state index < -0.39 is 0 Å². The van der Waals surface area contributed by atoms with Gasteiger partial charge >= 0.3 is 0 Å². The third-order valence-corrected chi connectivity index (χ3v) is 2.77. The second kappa shape index (κ2) is 8.81. The molecule has 0 unspecified atom stereocenters. The van der Waals surface area contributed by atoms with E-state index in [1.807, 2.05) is 26.8 Å². The van der Waals surface area contributed by atoms with Gasteiger partial charge in [-0.1, -0.05) is 6.07 Å². The summed E-state index contributed by atoms with van der Waals surface area (Å²) >= 11 is 0. The largest absolute Gasteiger partial charge is 0.439 e. The molecule has 1 heterocycles. The number of nitrogens with two attached hydrogens (primary N) is 1. The number of ether oxygens (including phenoxy) is 1. The minimum Gasteiger partial charge on any atom is -0.439 e. The Kier molecular flexibility index (Phi) is 7.40. The van der Waals surface area contributed by atoms with Crippen LogP contribution >= 0.6 is 24.0 Å². The number of aliphatic imine (C=N–C) groups is 1. The predicted molar refractivity (Wildman–Crippen MR) is 104 cm³/mol. The normalized spacial score (nSPS) is 11.6. The Morgan fingerprint density at radius 3 is 2.42 bits per heavy atom. The lowest BCUT2D eigenvalue weighted by molar-refractivity contribution is 0.461. The molecule has 24 heavy (non-hydrogen) atoms. The van der Waals surface area contributed by atoms with Crippen LogP contribution in [0.1, 0.15) is 26.3 Å². The maximum absolute atomic E-state index is 12.8. The maximum Gasteiger partial charge on any atom is 0.219 e. The number of aromatic nitrogens is 1. The molecule has 2 rings (SSSR count). The predicted octanol–water partition coefficient (Wildman–Crippen LogP) is 3.83. The maximum atomic E-state index is 12.8. The van der Waals surface area contributed by atoms with Gasteiger partial charge in [0.2, 0.25) is 5.88 Å². The van der Waals surface area contributed by atoms with Crippen molar-refractivity contribution in [2.75, 3.05) is 0 Å². The van der Waals surface area contributed by atoms with Crippen molar-refractivity contribution in [1.82, 2.24) is 10.3 Å². The van der Waals surface area contributed by atoms with Crippen LogP contribution in [-0.2, 0) is 6.54 Å². The number of nitrogens with one attached hydrogen (secondary N) is 1. The zero-order valence-corrected chi connectivity index (χ0v) is 16.2. The van der Waals surface area contributed by atoms with Crippen molar-refractivity contribution in [2.24, 2.45) is 10.7 Å². The summed E-state index contributed by atoms with van der Waals surface area (Å²) in [6, 6.07) is 9.37. The van der Waals surface area contributed by atoms with Crippen molar-refractivity contribution >= 4 is 29.9 Å². The first-order valence-electron chi connectivity index (χ1n) is 7.28. The van der Waals surface area contributed by atoms with Crippen molar-refractivity contribution in [3.63, 3.8) is 0 Å². The Hall–Kier alpha value is -1.90. The van der Waals surface area contributed by atoms with Crippen LogP contribution in [0.5, 0.6) is 11.6 Å². The number of hydrogen-bond acceptors (Lipinski definition) is 3. The number of benzene rings is 1. The molecule has 0 atom stereocenters. The minimum atomic E-state index is -0.306. The fourth-order valence-corrected chi connectivity index (χ4v) is 1.79. The molecule has 3 N–H and O–H groups in total. The zero-order valence-electron chi connectivity index (χ0n) is 13.9. The van der Waals surface area contributed by atoms with E-state index in [0.29, 0.717) is 24.1 Å². The van der Waals surface area contributed by atoms with Gasteiger partial charge in [0.25, 0.3) is 0 Å². The van der Waals surface area contributed by atoms with Gasteiger partial charge in [-0.2, -0.15) is 0 Å². The molecule has 0 bridgehead atoms. The standard InChI is InChI=1S/C17H21FN4O.HI/c1-17(2,3)22-16(19)21-11-12-4-9-15(20-10-12)23-14-7-5-13(18)6-8-14;/h4-10H,11H2,1-3H3,(H3,19,21,22);1H. The molecule has 2 aromatic rings. The molecule has 1 aromatic heterocycles. The van der Waals surface area contributed by atoms with Gasteiger partial charge in [0.1, 0.15) is 11.6 Å². The van der Waals surface area contributed by atoms with Gasteiger partial charge in [-0.15, -0.1) is 24.0 Å². The molecule has 0 radical (unpaired) electrons. The highest BCUT2D eigenvalue weighted by atomic mass is 127. The van der Waals surface area contributed by atoms with Gasteiger partial charge in [0.15, 0.2) is 5.96 Å². The van der Waals surface area contributed by atoms with Gasteiger partial charge in [0.05, 0.1) is 6.54 Å². The van der Waals surface area contributed by atoms with Gasteiger partial charge in [-0.05, 0) is 50.6 Å². The molecule has 1 aromatic carbocycles. The van der Waals surface area contributed by atoms with E-state index in [0.717, 1.165) is 5.56 Å². The average molecular weight is 444 g/mol. The van der Waals surface area contributed by atoms with Crippen LogP contribution in [0.4, 0.5) is 4.39 Å². The molecule has 0 saturated carbocycles. The van der Waals surface area contributed by atoms with Crippen LogP contribution in [0.2, 0.25) is 0 Å². The summed E-state index contributed by atoms with van der Waals surface area (Å²) in [5, 5.41) is 3.09. The number of hydrogen-bond donors (Lipinski definition) is 2. The third-order valence-electron chi connectivity index (χ3n) is 2.77. The molecule has 7 heteroatoms. The minimum absolute atomic E-state index is 0. The summed E-state index contributed by atoms with van der Waals surface area (Å²) < 4.78 is 18.4. The molecular weight excluding hydrogens is 422 g/mol. The molecule has 0 amide bonds. The first-order valence-corrected chi connectivity index (χ1v) is 7.28. The molecule has 0 aliphatic heterocycles. The van der Waals surface area contributed by atoms with Gasteiger partial charge in [-0.3, -0.25) is 0 Å². The molecule has 0 fully saturated rings. The molecular formula is C17H22FIN4O. The van der Waals surface area contributed by atoms with E-state index in [2.05, 4.69) is 15.3 Å². The number of halogens is 2. The van der Waals surface area contributed by atoms with Crippen molar-refractivity contribution in [2.45, 2.75) is 32.9 Å². The molecule has 0 aliphatic rings. The van der Waals surface area contributed by atoms with Crippen LogP contribution in [0, 0.1) is 5.82 Å². The lowest BCUT2D eigenvalue weighted by atomic mass is 10.1. The number of guanidine groups is 1. The van der Waals surface area contributed by atoms with Crippen LogP contribution in [0.15, 0.2) is 47.6 Å². The fourth-order valence-electron chi connectivity index (χ4n) is 1.79. The van der Waals surface area contributed by atoms with Crippen molar-refractivity contribution in [3.8, 4) is 11.6 Å². The van der Waals surface area contributed by atoms with E-state index in [1.165, 1.54) is 12.1 Å². The van der Waals surface area contributed by atoms with E-state index in [1.54, 1.807) is 24.4 Å². The second-order valence-corrected chi connectivity index (χ2v) is 6.14. The first kappa shape index (κ1) is 20.1. The Morgan fingerprint density at radius 2 is 1.88 bits per heavy atom. The highest BCUT2D eigenvalue weighted by Gasteiger charge is 2.09. The second-order valence-electron chi connectivity index (χ2n) is 6.14. The molecule has 0 saturated heterocycles. The van der Waals surface area contributed by atoms with Gasteiger partial charge < -0.3 is 15.8 Å². The van der Waals surface area contributed by atoms with Crippen LogP contribution in [0.25, 0.3) is 0 Å². The summed E-state index contributed by atoms with van der Waals surface area (Å²) in [6.45, 7) is 6.47. The average Bonchev–Trinajstić information content (AvgIpc) is 2.47. The lowest BCUT2D eigenvalue weighted by Crippen LogP contribution is -2.44. The number of nitrogens with zero attached hydrogens (tertiary/aromatic N) is 2. The Morgan fingerprint density at radius 1 is 1.21 bits per heavy atom. The molecule has 0 spiro atoms. The summed E-state index contributed by atoms with van der Waals surface area (Å²) in [7, 11) is 0. The Balaban J connectivity index is 0.00000288. The van der Waals surface area contributed by atoms with Crippen molar-refractivity contribution in [3.05, 3.63) is 54.0 Å². The monoisotopic (exact) mass is 444 g/mol. The highest BCUT2D eigenvalue weighted by molar-refractivity contribution is 14.0. The fraction of sp³-hybridized carbons (Fsp3) is 0.294. The molecule has 5 nitrogen and oxygen atoms in total. The van der Waals surface area contributed by atoms with Crippen molar-refractivity contribution in [1.29, 1.82) is 0 Å². The first-order chi connectivity index (χ1) is 10.8. The highest BCUT2D eigenvalue weighted by Crippen LogP contribution is 2.19. The SMILES string of the molecule is CC(C)(C)NC(N)=NCc1ccc(Oc2ccc(F)cc2)nc1.I. The summed E-state index contributed by atoms with van der Waals surface area (Å²) in [4.78, 5) is 8.47. The van der Waals surface area contributed by atoms with Gasteiger partial charge in [0, 0.05) is 17.8 Å². The summed E-state index contributed by atoms with van der Waals surface area (Å²) in [5.41, 5.74) is 6.60. The topological polar surface area (TPSA) is 72.5 Å². The van der Waals surface area contributed by atoms with E-state index >= 15 is 0 Å². The third kappa shape index (κ3) is 7.12. The van der Waals surface area contributed by atoms with Crippen LogP contribution < -0.4 is 15.8 Å². The van der Waals surface area contributed by atoms with Crippen LogP contribution in [-0.4, -0.2) is 16.5 Å². The summed E-state index contributed by atoms with van der Waals surface area (Å²) in [5.74, 6) is 1.05. The molecule has 130 valence electrons. The zero-order chi connectivity index (χ0) is 16.9. The Labute approximate surface area is 158 Å². The van der Waals surface area contributed by atoms with Gasteiger partial charge in [-0.25, -0.2) is 14.4 Å². The van der Waals surface area contributed by atoms with E-state index in [-0.39, 0.29) is 35.3 Å². The lowest BCUT2D eigenvalue weighted by Gasteiger charge is -2.20. The van der Waals surface area contributed by atoms with E-state index in [9.17, 15) is 4.39 Å². The van der Waals surface area contributed by atoms with Crippen molar-refractivity contribution < 1.29 is 9.13 Å². The number of rotatable bonds is 4.